The van der Waals surface area contributed by atoms with Gasteiger partial charge in [0.15, 0.2) is 0 Å². The zero-order valence-electron chi connectivity index (χ0n) is 21.2. The molecule has 2 aliphatic rings. The summed E-state index contributed by atoms with van der Waals surface area (Å²) in [6, 6.07) is 14.8. The lowest BCUT2D eigenvalue weighted by molar-refractivity contribution is -0.0685. The molecule has 0 saturated carbocycles. The molecule has 3 aromatic rings. The molecule has 2 aliphatic heterocycles. The van der Waals surface area contributed by atoms with Gasteiger partial charge >= 0.3 is 6.09 Å². The third kappa shape index (κ3) is 4.80. The number of amides is 1. The fourth-order valence-electron chi connectivity index (χ4n) is 5.72. The average molecular weight is 477 g/mol. The Labute approximate surface area is 207 Å². The number of benzene rings is 2. The van der Waals surface area contributed by atoms with E-state index in [9.17, 15) is 4.79 Å². The van der Waals surface area contributed by atoms with Crippen molar-refractivity contribution in [2.24, 2.45) is 0 Å². The average Bonchev–Trinajstić information content (AvgIpc) is 3.19. The molecule has 1 fully saturated rings. The van der Waals surface area contributed by atoms with Gasteiger partial charge in [0.05, 0.1) is 36.0 Å². The van der Waals surface area contributed by atoms with Gasteiger partial charge < -0.3 is 14.0 Å². The Kier molecular flexibility index (Phi) is 6.80. The highest BCUT2D eigenvalue weighted by atomic mass is 16.5. The molecule has 35 heavy (non-hydrogen) atoms. The van der Waals surface area contributed by atoms with E-state index in [1.54, 1.807) is 4.90 Å². The van der Waals surface area contributed by atoms with Gasteiger partial charge in [-0.3, -0.25) is 9.80 Å². The van der Waals surface area contributed by atoms with Crippen LogP contribution in [0.25, 0.3) is 11.0 Å². The van der Waals surface area contributed by atoms with Crippen LogP contribution in [0.2, 0.25) is 0 Å². The molecule has 0 N–H and O–H groups in total. The van der Waals surface area contributed by atoms with Crippen LogP contribution < -0.4 is 4.90 Å². The van der Waals surface area contributed by atoms with Crippen LogP contribution in [0, 0.1) is 0 Å². The van der Waals surface area contributed by atoms with E-state index in [2.05, 4.69) is 66.6 Å². The summed E-state index contributed by atoms with van der Waals surface area (Å²) in [4.78, 5) is 22.1. The highest BCUT2D eigenvalue weighted by Gasteiger charge is 2.31. The van der Waals surface area contributed by atoms with Gasteiger partial charge in [0.1, 0.15) is 5.82 Å². The molecule has 7 heteroatoms. The number of hydrogen-bond acceptors (Lipinski definition) is 5. The van der Waals surface area contributed by atoms with Gasteiger partial charge in [0, 0.05) is 44.2 Å². The maximum Gasteiger partial charge on any atom is 0.414 e. The molecule has 1 amide bonds. The highest BCUT2D eigenvalue weighted by molar-refractivity contribution is 5.95. The number of aromatic nitrogens is 2. The van der Waals surface area contributed by atoms with Crippen LogP contribution in [-0.4, -0.2) is 65.5 Å². The first kappa shape index (κ1) is 23.8. The molecule has 1 saturated heterocycles. The number of imidazole rings is 1. The monoisotopic (exact) mass is 476 g/mol. The molecular weight excluding hydrogens is 440 g/mol. The summed E-state index contributed by atoms with van der Waals surface area (Å²) < 4.78 is 13.4. The topological polar surface area (TPSA) is 59.8 Å². The van der Waals surface area contributed by atoms with Crippen molar-refractivity contribution in [3.05, 3.63) is 59.4 Å². The second kappa shape index (κ2) is 9.99. The van der Waals surface area contributed by atoms with Crippen LogP contribution in [-0.2, 0) is 28.9 Å². The number of ether oxygens (including phenoxy) is 2. The molecule has 2 aromatic carbocycles. The van der Waals surface area contributed by atoms with Gasteiger partial charge in [0.2, 0.25) is 0 Å². The first-order valence-corrected chi connectivity index (χ1v) is 12.7. The van der Waals surface area contributed by atoms with E-state index in [-0.39, 0.29) is 24.3 Å². The molecule has 0 unspecified atom stereocenters. The van der Waals surface area contributed by atoms with E-state index >= 15 is 0 Å². The van der Waals surface area contributed by atoms with Crippen molar-refractivity contribution in [1.29, 1.82) is 0 Å². The number of nitrogens with zero attached hydrogens (tertiary/aromatic N) is 4. The van der Waals surface area contributed by atoms with Crippen molar-refractivity contribution in [3.8, 4) is 0 Å². The van der Waals surface area contributed by atoms with E-state index in [0.717, 1.165) is 73.6 Å². The van der Waals surface area contributed by atoms with Crippen LogP contribution in [0.5, 0.6) is 0 Å². The van der Waals surface area contributed by atoms with Crippen LogP contribution in [0.1, 0.15) is 44.1 Å². The third-order valence-electron chi connectivity index (χ3n) is 7.30. The normalized spacial score (nSPS) is 22.9. The van der Waals surface area contributed by atoms with Crippen molar-refractivity contribution in [2.45, 2.75) is 64.8 Å². The van der Waals surface area contributed by atoms with Gasteiger partial charge in [-0.05, 0) is 51.3 Å². The Hall–Kier alpha value is -2.90. The number of fused-ring (bicyclic) bond motifs is 3. The van der Waals surface area contributed by atoms with E-state index < -0.39 is 0 Å². The fraction of sp³-hybridized carbons (Fsp3) is 0.500. The zero-order valence-corrected chi connectivity index (χ0v) is 21.2. The number of hydrogen-bond donors (Lipinski definition) is 0. The lowest BCUT2D eigenvalue weighted by atomic mass is 9.96. The number of aryl methyl sites for hydroxylation is 1. The predicted octanol–water partition coefficient (Wildman–Crippen LogP) is 4.64. The number of methoxy groups -OCH3 is 1. The first-order valence-electron chi connectivity index (χ1n) is 12.7. The Bertz CT molecular complexity index is 1180. The summed E-state index contributed by atoms with van der Waals surface area (Å²) >= 11 is 0. The molecule has 0 spiro atoms. The van der Waals surface area contributed by atoms with Gasteiger partial charge in [-0.1, -0.05) is 30.3 Å². The summed E-state index contributed by atoms with van der Waals surface area (Å²) in [7, 11) is 1.45. The summed E-state index contributed by atoms with van der Waals surface area (Å²) in [6.07, 6.45) is 2.77. The summed E-state index contributed by atoms with van der Waals surface area (Å²) in [5.41, 5.74) is 5.47. The number of morpholine rings is 1. The second-order valence-electron chi connectivity index (χ2n) is 10.0. The standard InChI is InChI=1S/C28H36N4O3/c1-19-10-11-23-24(32(19)28(33)34-4)12-13-25-27(23)29-26(16-22-8-6-5-7-9-22)31(25)15-14-30-17-20(2)35-21(3)18-30/h5-9,12-13,19-21H,10-11,14-18H2,1-4H3/t19-,20+,21+/m0/s1. The molecule has 186 valence electrons. The molecule has 3 atom stereocenters. The van der Waals surface area contributed by atoms with E-state index in [4.69, 9.17) is 14.5 Å². The van der Waals surface area contributed by atoms with Crippen LogP contribution in [0.3, 0.4) is 0 Å². The maximum absolute atomic E-state index is 12.6. The molecular formula is C28H36N4O3. The largest absolute Gasteiger partial charge is 0.452 e. The molecule has 0 aliphatic carbocycles. The summed E-state index contributed by atoms with van der Waals surface area (Å²) in [5.74, 6) is 1.07. The van der Waals surface area contributed by atoms with Crippen molar-refractivity contribution in [3.63, 3.8) is 0 Å². The SMILES string of the molecule is COC(=O)N1c2ccc3c(nc(Cc4ccccc4)n3CCN3C[C@@H](C)O[C@H](C)C3)c2CC[C@@H]1C. The Morgan fingerprint density at radius 3 is 2.51 bits per heavy atom. The smallest absolute Gasteiger partial charge is 0.414 e. The summed E-state index contributed by atoms with van der Waals surface area (Å²) in [5, 5.41) is 0. The minimum atomic E-state index is -0.308. The zero-order chi connectivity index (χ0) is 24.5. The van der Waals surface area contributed by atoms with Gasteiger partial charge in [0.25, 0.3) is 0 Å². The Morgan fingerprint density at radius 2 is 1.80 bits per heavy atom. The molecule has 7 nitrogen and oxygen atoms in total. The Balaban J connectivity index is 1.53. The predicted molar refractivity (Wildman–Crippen MR) is 138 cm³/mol. The van der Waals surface area contributed by atoms with E-state index in [1.165, 1.54) is 12.7 Å². The minimum absolute atomic E-state index is 0.101. The van der Waals surface area contributed by atoms with Crippen LogP contribution in [0.4, 0.5) is 10.5 Å². The van der Waals surface area contributed by atoms with Crippen molar-refractivity contribution in [2.75, 3.05) is 31.6 Å². The number of carbonyl (C=O) groups excluding carboxylic acids is 1. The Morgan fingerprint density at radius 1 is 1.06 bits per heavy atom. The highest BCUT2D eigenvalue weighted by Crippen LogP contribution is 2.36. The van der Waals surface area contributed by atoms with Crippen molar-refractivity contribution >= 4 is 22.8 Å². The number of anilines is 1. The molecule has 0 bridgehead atoms. The number of rotatable bonds is 5. The third-order valence-corrected chi connectivity index (χ3v) is 7.30. The lowest BCUT2D eigenvalue weighted by Gasteiger charge is -2.35. The van der Waals surface area contributed by atoms with Crippen LogP contribution >= 0.6 is 0 Å². The lowest BCUT2D eigenvalue weighted by Crippen LogP contribution is -2.46. The minimum Gasteiger partial charge on any atom is -0.452 e. The second-order valence-corrected chi connectivity index (χ2v) is 10.0. The van der Waals surface area contributed by atoms with Gasteiger partial charge in [-0.2, -0.15) is 0 Å². The molecule has 0 radical (unpaired) electrons. The van der Waals surface area contributed by atoms with Crippen molar-refractivity contribution in [1.82, 2.24) is 14.5 Å². The van der Waals surface area contributed by atoms with Gasteiger partial charge in [-0.25, -0.2) is 9.78 Å². The molecule has 5 rings (SSSR count). The van der Waals surface area contributed by atoms with Gasteiger partial charge in [-0.15, -0.1) is 0 Å². The molecule has 3 heterocycles. The molecule has 1 aromatic heterocycles. The number of carbonyl (C=O) groups is 1. The maximum atomic E-state index is 12.6. The quantitative estimate of drug-likeness (QED) is 0.537. The van der Waals surface area contributed by atoms with E-state index in [1.807, 2.05) is 6.07 Å². The van der Waals surface area contributed by atoms with Crippen molar-refractivity contribution < 1.29 is 14.3 Å². The van der Waals surface area contributed by atoms with E-state index in [0.29, 0.717) is 0 Å². The van der Waals surface area contributed by atoms with Crippen LogP contribution in [0.15, 0.2) is 42.5 Å². The first-order chi connectivity index (χ1) is 16.9. The fourth-order valence-corrected chi connectivity index (χ4v) is 5.72. The summed E-state index contributed by atoms with van der Waals surface area (Å²) in [6.45, 7) is 10.1.